The summed E-state index contributed by atoms with van der Waals surface area (Å²) in [6.45, 7) is 10.6. The molecule has 1 amide bonds. The third-order valence-corrected chi connectivity index (χ3v) is 2.22. The Kier molecular flexibility index (Phi) is 6.81. The molecule has 0 aliphatic heterocycles. The van der Waals surface area contributed by atoms with Gasteiger partial charge >= 0.3 is 0 Å². The normalized spacial score (nSPS) is 14.8. The van der Waals surface area contributed by atoms with Crippen LogP contribution in [0.25, 0.3) is 0 Å². The number of hydrogen-bond donors (Lipinski definition) is 2. The highest BCUT2D eigenvalue weighted by molar-refractivity contribution is 5.87. The summed E-state index contributed by atoms with van der Waals surface area (Å²) >= 11 is 0. The topological polar surface area (TPSA) is 49.3 Å². The second-order valence-electron chi connectivity index (χ2n) is 5.69. The lowest BCUT2D eigenvalue weighted by Crippen LogP contribution is -2.25. The lowest BCUT2D eigenvalue weighted by atomic mass is 9.89. The standard InChI is InChI=1S/C14H25NO2/c1-11(2)10-15-13(17)9-7-6-8-12(16)14(3,4)5/h6-9,11-12,16H,10H2,1-5H3,(H,15,17)/b8-6-,9-7+. The van der Waals surface area contributed by atoms with E-state index in [9.17, 15) is 9.90 Å². The van der Waals surface area contributed by atoms with Crippen molar-refractivity contribution in [3.05, 3.63) is 24.3 Å². The fraction of sp³-hybridized carbons (Fsp3) is 0.643. The molecule has 1 atom stereocenters. The Hall–Kier alpha value is -1.09. The summed E-state index contributed by atoms with van der Waals surface area (Å²) in [6.07, 6.45) is 5.99. The molecule has 0 bridgehead atoms. The fourth-order valence-electron chi connectivity index (χ4n) is 0.965. The van der Waals surface area contributed by atoms with Gasteiger partial charge in [0.15, 0.2) is 0 Å². The van der Waals surface area contributed by atoms with Gasteiger partial charge < -0.3 is 10.4 Å². The lowest BCUT2D eigenvalue weighted by Gasteiger charge is -2.22. The number of amides is 1. The van der Waals surface area contributed by atoms with E-state index in [1.165, 1.54) is 6.08 Å². The average Bonchev–Trinajstić information content (AvgIpc) is 2.19. The van der Waals surface area contributed by atoms with E-state index in [0.717, 1.165) is 0 Å². The molecule has 0 heterocycles. The molecule has 98 valence electrons. The maximum absolute atomic E-state index is 11.3. The molecule has 0 aromatic rings. The smallest absolute Gasteiger partial charge is 0.243 e. The first-order valence-electron chi connectivity index (χ1n) is 6.04. The van der Waals surface area contributed by atoms with Gasteiger partial charge in [0.2, 0.25) is 5.91 Å². The van der Waals surface area contributed by atoms with Crippen molar-refractivity contribution in [3.8, 4) is 0 Å². The van der Waals surface area contributed by atoms with Gasteiger partial charge in [0.05, 0.1) is 6.10 Å². The van der Waals surface area contributed by atoms with Crippen molar-refractivity contribution in [2.45, 2.75) is 40.7 Å². The van der Waals surface area contributed by atoms with E-state index in [1.807, 2.05) is 34.6 Å². The van der Waals surface area contributed by atoms with E-state index in [2.05, 4.69) is 5.32 Å². The van der Waals surface area contributed by atoms with Gasteiger partial charge in [-0.15, -0.1) is 0 Å². The minimum absolute atomic E-state index is 0.103. The van der Waals surface area contributed by atoms with E-state index in [4.69, 9.17) is 0 Å². The van der Waals surface area contributed by atoms with Crippen molar-refractivity contribution in [2.75, 3.05) is 6.54 Å². The SMILES string of the molecule is CC(C)CNC(=O)/C=C/C=C\C(O)C(C)(C)C. The molecule has 0 saturated heterocycles. The van der Waals surface area contributed by atoms with E-state index in [1.54, 1.807) is 18.2 Å². The zero-order chi connectivity index (χ0) is 13.5. The van der Waals surface area contributed by atoms with E-state index >= 15 is 0 Å². The molecule has 0 radical (unpaired) electrons. The van der Waals surface area contributed by atoms with Gasteiger partial charge in [-0.2, -0.15) is 0 Å². The highest BCUT2D eigenvalue weighted by Gasteiger charge is 2.18. The van der Waals surface area contributed by atoms with Crippen LogP contribution in [0.1, 0.15) is 34.6 Å². The van der Waals surface area contributed by atoms with Crippen LogP contribution < -0.4 is 5.32 Å². The Bertz CT molecular complexity index is 285. The van der Waals surface area contributed by atoms with Crippen LogP contribution in [0.5, 0.6) is 0 Å². The molecular weight excluding hydrogens is 214 g/mol. The van der Waals surface area contributed by atoms with Crippen LogP contribution in [0.15, 0.2) is 24.3 Å². The number of rotatable bonds is 5. The number of aliphatic hydroxyl groups excluding tert-OH is 1. The van der Waals surface area contributed by atoms with Gasteiger partial charge in [0.1, 0.15) is 0 Å². The summed E-state index contributed by atoms with van der Waals surface area (Å²) in [4.78, 5) is 11.3. The van der Waals surface area contributed by atoms with E-state index < -0.39 is 6.10 Å². The summed E-state index contributed by atoms with van der Waals surface area (Å²) in [5.74, 6) is 0.346. The Morgan fingerprint density at radius 3 is 2.35 bits per heavy atom. The Balaban J connectivity index is 4.02. The summed E-state index contributed by atoms with van der Waals surface area (Å²) in [5, 5.41) is 12.5. The third-order valence-electron chi connectivity index (χ3n) is 2.22. The molecule has 17 heavy (non-hydrogen) atoms. The summed E-state index contributed by atoms with van der Waals surface area (Å²) < 4.78 is 0. The van der Waals surface area contributed by atoms with Gasteiger partial charge in [0, 0.05) is 12.6 Å². The van der Waals surface area contributed by atoms with Crippen LogP contribution in [-0.2, 0) is 4.79 Å². The monoisotopic (exact) mass is 239 g/mol. The minimum Gasteiger partial charge on any atom is -0.388 e. The highest BCUT2D eigenvalue weighted by Crippen LogP contribution is 2.19. The molecule has 2 N–H and O–H groups in total. The number of carbonyl (C=O) groups excluding carboxylic acids is 1. The van der Waals surface area contributed by atoms with Gasteiger partial charge in [-0.05, 0) is 11.3 Å². The molecule has 0 saturated carbocycles. The summed E-state index contributed by atoms with van der Waals surface area (Å²) in [6, 6.07) is 0. The predicted octanol–water partition coefficient (Wildman–Crippen LogP) is 2.28. The lowest BCUT2D eigenvalue weighted by molar-refractivity contribution is -0.116. The second-order valence-corrected chi connectivity index (χ2v) is 5.69. The molecule has 3 nitrogen and oxygen atoms in total. The van der Waals surface area contributed by atoms with Crippen molar-refractivity contribution >= 4 is 5.91 Å². The van der Waals surface area contributed by atoms with Crippen molar-refractivity contribution in [3.63, 3.8) is 0 Å². The fourth-order valence-corrected chi connectivity index (χ4v) is 0.965. The van der Waals surface area contributed by atoms with E-state index in [0.29, 0.717) is 12.5 Å². The first-order valence-corrected chi connectivity index (χ1v) is 6.04. The van der Waals surface area contributed by atoms with Gasteiger partial charge in [0.25, 0.3) is 0 Å². The quantitative estimate of drug-likeness (QED) is 0.571. The van der Waals surface area contributed by atoms with Crippen LogP contribution in [0.4, 0.5) is 0 Å². The maximum atomic E-state index is 11.3. The molecule has 0 aromatic heterocycles. The Labute approximate surface area is 105 Å². The van der Waals surface area contributed by atoms with Crippen LogP contribution in [0, 0.1) is 11.3 Å². The molecule has 1 unspecified atom stereocenters. The van der Waals surface area contributed by atoms with Gasteiger partial charge in [-0.1, -0.05) is 52.8 Å². The number of carbonyl (C=O) groups is 1. The zero-order valence-electron chi connectivity index (χ0n) is 11.5. The van der Waals surface area contributed by atoms with Crippen LogP contribution >= 0.6 is 0 Å². The number of hydrogen-bond acceptors (Lipinski definition) is 2. The van der Waals surface area contributed by atoms with Gasteiger partial charge in [-0.25, -0.2) is 0 Å². The van der Waals surface area contributed by atoms with E-state index in [-0.39, 0.29) is 11.3 Å². The maximum Gasteiger partial charge on any atom is 0.243 e. The van der Waals surface area contributed by atoms with Gasteiger partial charge in [-0.3, -0.25) is 4.79 Å². The third kappa shape index (κ3) is 8.69. The Morgan fingerprint density at radius 1 is 1.29 bits per heavy atom. The van der Waals surface area contributed by atoms with Crippen molar-refractivity contribution < 1.29 is 9.90 Å². The van der Waals surface area contributed by atoms with Crippen molar-refractivity contribution in [1.29, 1.82) is 0 Å². The second kappa shape index (κ2) is 7.28. The Morgan fingerprint density at radius 2 is 1.88 bits per heavy atom. The molecule has 3 heteroatoms. The molecule has 0 aliphatic carbocycles. The molecule has 0 aliphatic rings. The molecule has 0 fully saturated rings. The summed E-state index contributed by atoms with van der Waals surface area (Å²) in [5.41, 5.74) is -0.176. The zero-order valence-corrected chi connectivity index (χ0v) is 11.5. The van der Waals surface area contributed by atoms with Crippen LogP contribution in [0.2, 0.25) is 0 Å². The highest BCUT2D eigenvalue weighted by atomic mass is 16.3. The first-order chi connectivity index (χ1) is 7.73. The molecular formula is C14H25NO2. The predicted molar refractivity (Wildman–Crippen MR) is 71.6 cm³/mol. The average molecular weight is 239 g/mol. The molecule has 0 rings (SSSR count). The molecule has 0 spiro atoms. The number of aliphatic hydroxyl groups is 1. The van der Waals surface area contributed by atoms with Crippen molar-refractivity contribution in [1.82, 2.24) is 5.32 Å². The number of allylic oxidation sites excluding steroid dienone is 2. The van der Waals surface area contributed by atoms with Crippen LogP contribution in [0.3, 0.4) is 0 Å². The van der Waals surface area contributed by atoms with Crippen LogP contribution in [-0.4, -0.2) is 23.7 Å². The number of nitrogens with one attached hydrogen (secondary N) is 1. The largest absolute Gasteiger partial charge is 0.388 e. The summed E-state index contributed by atoms with van der Waals surface area (Å²) in [7, 11) is 0. The first kappa shape index (κ1) is 15.9. The minimum atomic E-state index is -0.508. The molecule has 0 aromatic carbocycles. The van der Waals surface area contributed by atoms with Crippen molar-refractivity contribution in [2.24, 2.45) is 11.3 Å².